The number of ether oxygens (including phenoxy) is 2. The van der Waals surface area contributed by atoms with E-state index in [0.717, 1.165) is 38.7 Å². The number of terminal acetylenes is 1. The van der Waals surface area contributed by atoms with Gasteiger partial charge in [0.05, 0.1) is 18.2 Å². The number of amides is 1. The maximum Gasteiger partial charge on any atom is 0.220 e. The Morgan fingerprint density at radius 2 is 2.05 bits per heavy atom. The molecular formula is C17H31NO3. The number of carbonyl (C=O) groups excluding carboxylic acids is 1. The van der Waals surface area contributed by atoms with Crippen LogP contribution in [0.3, 0.4) is 0 Å². The van der Waals surface area contributed by atoms with Crippen LogP contribution in [-0.4, -0.2) is 37.9 Å². The van der Waals surface area contributed by atoms with E-state index in [1.165, 1.54) is 0 Å². The fourth-order valence-electron chi connectivity index (χ4n) is 1.82. The molecule has 0 aromatic heterocycles. The van der Waals surface area contributed by atoms with E-state index in [1.54, 1.807) is 7.11 Å². The molecule has 0 saturated heterocycles. The fraction of sp³-hybridized carbons (Fsp3) is 0.824. The van der Waals surface area contributed by atoms with Crippen LogP contribution in [0.15, 0.2) is 0 Å². The van der Waals surface area contributed by atoms with Crippen LogP contribution >= 0.6 is 0 Å². The minimum Gasteiger partial charge on any atom is -0.379 e. The third-order valence-corrected chi connectivity index (χ3v) is 3.56. The fourth-order valence-corrected chi connectivity index (χ4v) is 1.82. The Bertz CT molecular complexity index is 320. The Morgan fingerprint density at radius 3 is 2.67 bits per heavy atom. The molecule has 0 aromatic rings. The zero-order valence-corrected chi connectivity index (χ0v) is 14.0. The minimum atomic E-state index is -0.120. The molecule has 0 aliphatic rings. The monoisotopic (exact) mass is 297 g/mol. The second-order valence-corrected chi connectivity index (χ2v) is 5.98. The van der Waals surface area contributed by atoms with E-state index >= 15 is 0 Å². The molecule has 0 heterocycles. The van der Waals surface area contributed by atoms with Crippen molar-refractivity contribution in [1.82, 2.24) is 5.32 Å². The number of hydrogen-bond acceptors (Lipinski definition) is 3. The maximum atomic E-state index is 11.3. The van der Waals surface area contributed by atoms with Crippen molar-refractivity contribution in [3.05, 3.63) is 0 Å². The zero-order chi connectivity index (χ0) is 16.1. The van der Waals surface area contributed by atoms with Gasteiger partial charge in [0.1, 0.15) is 0 Å². The van der Waals surface area contributed by atoms with Crippen LogP contribution < -0.4 is 5.32 Å². The first-order valence-electron chi connectivity index (χ1n) is 7.78. The smallest absolute Gasteiger partial charge is 0.220 e. The third-order valence-electron chi connectivity index (χ3n) is 3.56. The number of nitrogens with one attached hydrogen (secondary N) is 1. The van der Waals surface area contributed by atoms with Gasteiger partial charge in [-0.25, -0.2) is 0 Å². The summed E-state index contributed by atoms with van der Waals surface area (Å²) in [6.45, 7) is 7.26. The first-order chi connectivity index (χ1) is 9.91. The minimum absolute atomic E-state index is 0.0408. The maximum absolute atomic E-state index is 11.3. The second kappa shape index (κ2) is 11.6. The summed E-state index contributed by atoms with van der Waals surface area (Å²) in [5, 5.41) is 2.67. The molecule has 4 nitrogen and oxygen atoms in total. The lowest BCUT2D eigenvalue weighted by molar-refractivity contribution is -0.120. The van der Waals surface area contributed by atoms with Gasteiger partial charge in [0.25, 0.3) is 0 Å². The Hall–Kier alpha value is -1.05. The van der Waals surface area contributed by atoms with Crippen molar-refractivity contribution >= 4 is 5.91 Å². The zero-order valence-electron chi connectivity index (χ0n) is 14.0. The normalized spacial score (nSPS) is 12.7. The second-order valence-electron chi connectivity index (χ2n) is 5.98. The lowest BCUT2D eigenvalue weighted by Gasteiger charge is -2.23. The van der Waals surface area contributed by atoms with Gasteiger partial charge in [-0.15, -0.1) is 6.42 Å². The molecule has 0 fully saturated rings. The first-order valence-corrected chi connectivity index (χ1v) is 7.78. The number of methoxy groups -OCH3 is 1. The molecule has 1 unspecified atom stereocenters. The predicted molar refractivity (Wildman–Crippen MR) is 86.0 cm³/mol. The molecule has 0 spiro atoms. The summed E-state index contributed by atoms with van der Waals surface area (Å²) in [6, 6.07) is 0. The van der Waals surface area contributed by atoms with Gasteiger partial charge in [0.15, 0.2) is 0 Å². The first kappa shape index (κ1) is 19.9. The summed E-state index contributed by atoms with van der Waals surface area (Å²) in [7, 11) is 1.73. The largest absolute Gasteiger partial charge is 0.379 e. The van der Waals surface area contributed by atoms with Crippen LogP contribution in [0.2, 0.25) is 0 Å². The van der Waals surface area contributed by atoms with E-state index in [-0.39, 0.29) is 17.6 Å². The van der Waals surface area contributed by atoms with Crippen LogP contribution in [0, 0.1) is 12.3 Å². The van der Waals surface area contributed by atoms with Crippen molar-refractivity contribution in [1.29, 1.82) is 0 Å². The van der Waals surface area contributed by atoms with Gasteiger partial charge in [-0.2, -0.15) is 0 Å². The van der Waals surface area contributed by atoms with Crippen molar-refractivity contribution in [2.45, 2.75) is 71.0 Å². The molecule has 0 bridgehead atoms. The van der Waals surface area contributed by atoms with Crippen LogP contribution in [0.1, 0.15) is 59.3 Å². The number of hydrogen-bond donors (Lipinski definition) is 1. The highest BCUT2D eigenvalue weighted by molar-refractivity contribution is 5.76. The quantitative estimate of drug-likeness (QED) is 0.445. The van der Waals surface area contributed by atoms with Crippen molar-refractivity contribution in [3.8, 4) is 12.3 Å². The SMILES string of the molecule is C#CCNC(=O)CCCCCC(C)OCCC(C)(C)OC. The summed E-state index contributed by atoms with van der Waals surface area (Å²) in [5.74, 6) is 2.43. The van der Waals surface area contributed by atoms with E-state index in [1.807, 2.05) is 0 Å². The summed E-state index contributed by atoms with van der Waals surface area (Å²) in [5.41, 5.74) is -0.120. The Balaban J connectivity index is 3.48. The highest BCUT2D eigenvalue weighted by atomic mass is 16.5. The summed E-state index contributed by atoms with van der Waals surface area (Å²) in [4.78, 5) is 11.3. The third kappa shape index (κ3) is 12.4. The van der Waals surface area contributed by atoms with Crippen LogP contribution in [-0.2, 0) is 14.3 Å². The van der Waals surface area contributed by atoms with Gasteiger partial charge in [0, 0.05) is 20.1 Å². The molecule has 0 saturated carbocycles. The van der Waals surface area contributed by atoms with Crippen LogP contribution in [0.4, 0.5) is 0 Å². The Kier molecular flexibility index (Phi) is 11.0. The van der Waals surface area contributed by atoms with Gasteiger partial charge in [-0.3, -0.25) is 4.79 Å². The topological polar surface area (TPSA) is 47.6 Å². The molecule has 1 amide bonds. The highest BCUT2D eigenvalue weighted by Gasteiger charge is 2.16. The van der Waals surface area contributed by atoms with Crippen molar-refractivity contribution < 1.29 is 14.3 Å². The van der Waals surface area contributed by atoms with E-state index in [4.69, 9.17) is 15.9 Å². The molecule has 0 aromatic carbocycles. The van der Waals surface area contributed by atoms with Gasteiger partial charge < -0.3 is 14.8 Å². The Labute approximate surface area is 130 Å². The van der Waals surface area contributed by atoms with E-state index < -0.39 is 0 Å². The standard InChI is InChI=1S/C17H31NO3/c1-6-13-18-16(19)11-9-7-8-10-15(2)21-14-12-17(3,4)20-5/h1,15H,7-14H2,2-5H3,(H,18,19). The molecule has 0 aliphatic carbocycles. The molecule has 122 valence electrons. The molecular weight excluding hydrogens is 266 g/mol. The van der Waals surface area contributed by atoms with Crippen molar-refractivity contribution in [3.63, 3.8) is 0 Å². The van der Waals surface area contributed by atoms with Crippen molar-refractivity contribution in [2.75, 3.05) is 20.3 Å². The van der Waals surface area contributed by atoms with Gasteiger partial charge in [-0.05, 0) is 40.0 Å². The lowest BCUT2D eigenvalue weighted by Crippen LogP contribution is -2.25. The number of carbonyl (C=O) groups is 1. The Morgan fingerprint density at radius 1 is 1.33 bits per heavy atom. The van der Waals surface area contributed by atoms with E-state index in [0.29, 0.717) is 13.0 Å². The average Bonchev–Trinajstić information content (AvgIpc) is 2.44. The van der Waals surface area contributed by atoms with Crippen LogP contribution in [0.5, 0.6) is 0 Å². The molecule has 1 atom stereocenters. The van der Waals surface area contributed by atoms with E-state index in [2.05, 4.69) is 32.0 Å². The summed E-state index contributed by atoms with van der Waals surface area (Å²) >= 11 is 0. The molecule has 0 radical (unpaired) electrons. The van der Waals surface area contributed by atoms with Crippen LogP contribution in [0.25, 0.3) is 0 Å². The predicted octanol–water partition coefficient (Wildman–Crippen LogP) is 2.91. The molecule has 1 N–H and O–H groups in total. The van der Waals surface area contributed by atoms with Crippen molar-refractivity contribution in [2.24, 2.45) is 0 Å². The lowest BCUT2D eigenvalue weighted by atomic mass is 10.1. The summed E-state index contributed by atoms with van der Waals surface area (Å²) in [6.07, 6.45) is 10.8. The van der Waals surface area contributed by atoms with Gasteiger partial charge >= 0.3 is 0 Å². The molecule has 0 aliphatic heterocycles. The van der Waals surface area contributed by atoms with E-state index in [9.17, 15) is 4.79 Å². The molecule has 0 rings (SSSR count). The number of unbranched alkanes of at least 4 members (excludes halogenated alkanes) is 2. The molecule has 21 heavy (non-hydrogen) atoms. The van der Waals surface area contributed by atoms with Gasteiger partial charge in [-0.1, -0.05) is 18.8 Å². The summed E-state index contributed by atoms with van der Waals surface area (Å²) < 4.78 is 11.1. The average molecular weight is 297 g/mol. The van der Waals surface area contributed by atoms with Gasteiger partial charge in [0.2, 0.25) is 5.91 Å². The number of rotatable bonds is 12. The highest BCUT2D eigenvalue weighted by Crippen LogP contribution is 2.14. The molecule has 4 heteroatoms.